The van der Waals surface area contributed by atoms with Crippen molar-refractivity contribution >= 4 is 11.2 Å². The minimum Gasteiger partial charge on any atom is -0.339 e. The van der Waals surface area contributed by atoms with Crippen LogP contribution in [0.25, 0.3) is 11.2 Å². The Hall–Kier alpha value is -1.49. The standard InChI is InChI=1S/C10H15N5/c1-7(2)12-4-3-9-14-8-5-11-6-13-10(8)15-9/h5-7,12H,3-4H2,1-2H3,(H,11,13,14,15). The van der Waals surface area contributed by atoms with Crippen LogP contribution in [-0.4, -0.2) is 32.5 Å². The van der Waals surface area contributed by atoms with E-state index >= 15 is 0 Å². The Balaban J connectivity index is 2.03. The first-order chi connectivity index (χ1) is 7.25. The summed E-state index contributed by atoms with van der Waals surface area (Å²) in [6, 6.07) is 0.508. The van der Waals surface area contributed by atoms with Crippen LogP contribution in [0.4, 0.5) is 0 Å². The predicted octanol–water partition coefficient (Wildman–Crippen LogP) is 0.893. The third-order valence-corrected chi connectivity index (χ3v) is 2.13. The van der Waals surface area contributed by atoms with Crippen LogP contribution in [0.1, 0.15) is 19.7 Å². The second-order valence-electron chi connectivity index (χ2n) is 3.80. The molecule has 0 bridgehead atoms. The first-order valence-electron chi connectivity index (χ1n) is 5.13. The normalized spacial score (nSPS) is 11.4. The second kappa shape index (κ2) is 4.35. The van der Waals surface area contributed by atoms with E-state index in [1.807, 2.05) is 0 Å². The van der Waals surface area contributed by atoms with Crippen molar-refractivity contribution in [2.24, 2.45) is 0 Å². The van der Waals surface area contributed by atoms with Crippen molar-refractivity contribution in [2.45, 2.75) is 26.3 Å². The maximum atomic E-state index is 4.36. The number of hydrogen-bond donors (Lipinski definition) is 2. The van der Waals surface area contributed by atoms with E-state index in [1.165, 1.54) is 6.33 Å². The van der Waals surface area contributed by atoms with Crippen LogP contribution in [0, 0.1) is 0 Å². The van der Waals surface area contributed by atoms with Crippen molar-refractivity contribution in [1.82, 2.24) is 25.3 Å². The summed E-state index contributed by atoms with van der Waals surface area (Å²) in [5, 5.41) is 3.34. The average molecular weight is 205 g/mol. The largest absolute Gasteiger partial charge is 0.339 e. The average Bonchev–Trinajstić information content (AvgIpc) is 2.59. The van der Waals surface area contributed by atoms with Crippen LogP contribution in [0.2, 0.25) is 0 Å². The molecule has 5 heteroatoms. The maximum absolute atomic E-state index is 4.36. The van der Waals surface area contributed by atoms with Gasteiger partial charge in [-0.15, -0.1) is 0 Å². The van der Waals surface area contributed by atoms with Crippen molar-refractivity contribution < 1.29 is 0 Å². The number of H-pyrrole nitrogens is 1. The van der Waals surface area contributed by atoms with Crippen LogP contribution >= 0.6 is 0 Å². The number of imidazole rings is 1. The number of hydrogen-bond acceptors (Lipinski definition) is 4. The van der Waals surface area contributed by atoms with Gasteiger partial charge in [0.1, 0.15) is 17.7 Å². The quantitative estimate of drug-likeness (QED) is 0.778. The highest BCUT2D eigenvalue weighted by atomic mass is 15.0. The Labute approximate surface area is 88.4 Å². The zero-order valence-electron chi connectivity index (χ0n) is 8.99. The van der Waals surface area contributed by atoms with E-state index in [-0.39, 0.29) is 0 Å². The van der Waals surface area contributed by atoms with Gasteiger partial charge in [-0.2, -0.15) is 0 Å². The molecule has 5 nitrogen and oxygen atoms in total. The molecule has 80 valence electrons. The van der Waals surface area contributed by atoms with Crippen molar-refractivity contribution in [3.05, 3.63) is 18.3 Å². The van der Waals surface area contributed by atoms with Crippen LogP contribution in [-0.2, 0) is 6.42 Å². The summed E-state index contributed by atoms with van der Waals surface area (Å²) in [5.74, 6) is 0.957. The van der Waals surface area contributed by atoms with E-state index in [2.05, 4.69) is 39.1 Å². The number of fused-ring (bicyclic) bond motifs is 1. The van der Waals surface area contributed by atoms with Gasteiger partial charge < -0.3 is 10.3 Å². The Morgan fingerprint density at radius 3 is 3.07 bits per heavy atom. The van der Waals surface area contributed by atoms with Crippen LogP contribution in [0.5, 0.6) is 0 Å². The van der Waals surface area contributed by atoms with Crippen LogP contribution in [0.3, 0.4) is 0 Å². The molecule has 0 radical (unpaired) electrons. The summed E-state index contributed by atoms with van der Waals surface area (Å²) >= 11 is 0. The van der Waals surface area contributed by atoms with Gasteiger partial charge in [0.25, 0.3) is 0 Å². The lowest BCUT2D eigenvalue weighted by Gasteiger charge is -2.05. The lowest BCUT2D eigenvalue weighted by atomic mass is 10.3. The molecule has 0 unspecified atom stereocenters. The fraction of sp³-hybridized carbons (Fsp3) is 0.500. The van der Waals surface area contributed by atoms with Gasteiger partial charge in [0, 0.05) is 19.0 Å². The molecule has 2 aromatic heterocycles. The first-order valence-corrected chi connectivity index (χ1v) is 5.13. The Kier molecular flexibility index (Phi) is 2.91. The van der Waals surface area contributed by atoms with E-state index in [1.54, 1.807) is 6.20 Å². The van der Waals surface area contributed by atoms with Gasteiger partial charge in [-0.25, -0.2) is 15.0 Å². The molecule has 0 saturated carbocycles. The van der Waals surface area contributed by atoms with E-state index in [0.717, 1.165) is 30.0 Å². The number of nitrogens with one attached hydrogen (secondary N) is 2. The fourth-order valence-corrected chi connectivity index (χ4v) is 1.41. The molecule has 2 N–H and O–H groups in total. The molecular weight excluding hydrogens is 190 g/mol. The monoisotopic (exact) mass is 205 g/mol. The maximum Gasteiger partial charge on any atom is 0.180 e. The second-order valence-corrected chi connectivity index (χ2v) is 3.80. The molecule has 0 spiro atoms. The van der Waals surface area contributed by atoms with E-state index in [0.29, 0.717) is 6.04 Å². The molecule has 2 heterocycles. The predicted molar refractivity (Wildman–Crippen MR) is 58.5 cm³/mol. The van der Waals surface area contributed by atoms with Gasteiger partial charge in [0.05, 0.1) is 6.20 Å². The Morgan fingerprint density at radius 2 is 2.33 bits per heavy atom. The molecule has 0 aliphatic rings. The van der Waals surface area contributed by atoms with E-state index < -0.39 is 0 Å². The number of aromatic amines is 1. The molecule has 0 saturated heterocycles. The number of rotatable bonds is 4. The Morgan fingerprint density at radius 1 is 1.47 bits per heavy atom. The summed E-state index contributed by atoms with van der Waals surface area (Å²) in [5.41, 5.74) is 1.64. The molecule has 0 atom stereocenters. The minimum atomic E-state index is 0.508. The zero-order valence-corrected chi connectivity index (χ0v) is 8.99. The van der Waals surface area contributed by atoms with Gasteiger partial charge in [-0.1, -0.05) is 13.8 Å². The van der Waals surface area contributed by atoms with Crippen LogP contribution < -0.4 is 5.32 Å². The smallest absolute Gasteiger partial charge is 0.180 e. The van der Waals surface area contributed by atoms with Gasteiger partial charge in [0.2, 0.25) is 0 Å². The zero-order chi connectivity index (χ0) is 10.7. The van der Waals surface area contributed by atoms with Crippen molar-refractivity contribution in [1.29, 1.82) is 0 Å². The van der Waals surface area contributed by atoms with Crippen molar-refractivity contribution in [3.63, 3.8) is 0 Å². The molecule has 15 heavy (non-hydrogen) atoms. The minimum absolute atomic E-state index is 0.508. The lowest BCUT2D eigenvalue weighted by Crippen LogP contribution is -2.25. The fourth-order valence-electron chi connectivity index (χ4n) is 1.41. The molecule has 0 aromatic carbocycles. The summed E-state index contributed by atoms with van der Waals surface area (Å²) in [7, 11) is 0. The molecule has 0 aliphatic heterocycles. The molecule has 0 fully saturated rings. The third kappa shape index (κ3) is 2.50. The highest BCUT2D eigenvalue weighted by Gasteiger charge is 2.02. The molecule has 2 rings (SSSR count). The van der Waals surface area contributed by atoms with Gasteiger partial charge in [-0.3, -0.25) is 0 Å². The van der Waals surface area contributed by atoms with Crippen LogP contribution in [0.15, 0.2) is 12.5 Å². The van der Waals surface area contributed by atoms with Gasteiger partial charge in [0.15, 0.2) is 5.65 Å². The first kappa shape index (κ1) is 10.0. The Bertz CT molecular complexity index is 401. The van der Waals surface area contributed by atoms with Gasteiger partial charge in [-0.05, 0) is 0 Å². The molecule has 0 aliphatic carbocycles. The van der Waals surface area contributed by atoms with E-state index in [9.17, 15) is 0 Å². The highest BCUT2D eigenvalue weighted by Crippen LogP contribution is 2.05. The van der Waals surface area contributed by atoms with Crippen molar-refractivity contribution in [2.75, 3.05) is 6.54 Å². The summed E-state index contributed by atoms with van der Waals surface area (Å²) in [6.45, 7) is 5.18. The van der Waals surface area contributed by atoms with Gasteiger partial charge >= 0.3 is 0 Å². The molecule has 2 aromatic rings. The third-order valence-electron chi connectivity index (χ3n) is 2.13. The number of nitrogens with zero attached hydrogens (tertiary/aromatic N) is 3. The highest BCUT2D eigenvalue weighted by molar-refractivity contribution is 5.68. The lowest BCUT2D eigenvalue weighted by molar-refractivity contribution is 0.585. The number of aromatic nitrogens is 4. The van der Waals surface area contributed by atoms with E-state index in [4.69, 9.17) is 0 Å². The SMILES string of the molecule is CC(C)NCCc1nc2ncncc2[nH]1. The topological polar surface area (TPSA) is 66.5 Å². The molecular formula is C10H15N5. The summed E-state index contributed by atoms with van der Waals surface area (Å²) in [4.78, 5) is 15.6. The molecule has 0 amide bonds. The summed E-state index contributed by atoms with van der Waals surface area (Å²) < 4.78 is 0. The summed E-state index contributed by atoms with van der Waals surface area (Å²) in [6.07, 6.45) is 4.14. The van der Waals surface area contributed by atoms with Crippen molar-refractivity contribution in [3.8, 4) is 0 Å².